The highest BCUT2D eigenvalue weighted by molar-refractivity contribution is 7.93. The molecule has 0 saturated carbocycles. The van der Waals surface area contributed by atoms with Gasteiger partial charge in [0.25, 0.3) is 0 Å². The molecular weight excluding hydrogens is 370 g/mol. The van der Waals surface area contributed by atoms with Crippen molar-refractivity contribution in [3.05, 3.63) is 23.8 Å². The molecule has 0 aromatic carbocycles. The monoisotopic (exact) mass is 393 g/mol. The predicted octanol–water partition coefficient (Wildman–Crippen LogP) is 2.46. The number of rotatable bonds is 3. The number of hydrogen-bond donors (Lipinski definition) is 0. The fourth-order valence-electron chi connectivity index (χ4n) is 3.59. The van der Waals surface area contributed by atoms with Crippen LogP contribution in [0.2, 0.25) is 0 Å². The summed E-state index contributed by atoms with van der Waals surface area (Å²) >= 11 is 1.54. The van der Waals surface area contributed by atoms with E-state index in [1.54, 1.807) is 12.4 Å². The topological polar surface area (TPSA) is 80.6 Å². The molecule has 0 atom stereocenters. The molecule has 4 heterocycles. The van der Waals surface area contributed by atoms with Crippen LogP contribution in [0.1, 0.15) is 19.8 Å². The second kappa shape index (κ2) is 7.21. The first kappa shape index (κ1) is 17.8. The van der Waals surface area contributed by atoms with E-state index in [0.29, 0.717) is 30.5 Å². The number of hydrogen-bond acceptors (Lipinski definition) is 8. The van der Waals surface area contributed by atoms with Crippen LogP contribution in [0.5, 0.6) is 0 Å². The lowest BCUT2D eigenvalue weighted by molar-refractivity contribution is -0.0615. The molecule has 7 nitrogen and oxygen atoms in total. The van der Waals surface area contributed by atoms with Crippen molar-refractivity contribution in [2.75, 3.05) is 42.6 Å². The summed E-state index contributed by atoms with van der Waals surface area (Å²) in [6, 6.07) is 1.94. The van der Waals surface area contributed by atoms with Crippen LogP contribution in [0.4, 0.5) is 5.82 Å². The molecule has 0 N–H and O–H groups in total. The zero-order valence-corrected chi connectivity index (χ0v) is 16.5. The molecule has 2 aromatic heterocycles. The number of ether oxygens (including phenoxy) is 1. The Balaban J connectivity index is 1.52. The molecule has 0 radical (unpaired) electrons. The Morgan fingerprint density at radius 3 is 2.92 bits per heavy atom. The van der Waals surface area contributed by atoms with E-state index in [0.717, 1.165) is 36.8 Å². The van der Waals surface area contributed by atoms with Crippen molar-refractivity contribution in [2.45, 2.75) is 25.4 Å². The standard InChI is InChI=1S/C17H23N5O2S2/c1-2-20-26(23)11-4-17(5-12-26)13-22(8-9-24-17)14-3-6-18-15(21-14)16-19-7-10-25-16/h3,6-7,10H,2,4-5,8-9,11-13H2,1H3. The molecular formula is C17H23N5O2S2. The Morgan fingerprint density at radius 1 is 1.35 bits per heavy atom. The highest BCUT2D eigenvalue weighted by Gasteiger charge is 2.41. The van der Waals surface area contributed by atoms with Crippen LogP contribution in [-0.2, 0) is 14.5 Å². The summed E-state index contributed by atoms with van der Waals surface area (Å²) in [5.41, 5.74) is -0.241. The molecule has 0 unspecified atom stereocenters. The van der Waals surface area contributed by atoms with Crippen LogP contribution in [0, 0.1) is 0 Å². The molecule has 4 rings (SSSR count). The Labute approximate surface area is 158 Å². The van der Waals surface area contributed by atoms with E-state index in [1.165, 1.54) is 11.3 Å². The van der Waals surface area contributed by atoms with Crippen LogP contribution in [0.25, 0.3) is 10.8 Å². The van der Waals surface area contributed by atoms with Gasteiger partial charge in [-0.2, -0.15) is 0 Å². The number of anilines is 1. The second-order valence-electron chi connectivity index (χ2n) is 6.65. The van der Waals surface area contributed by atoms with Gasteiger partial charge in [-0.15, -0.1) is 11.3 Å². The molecule has 140 valence electrons. The van der Waals surface area contributed by atoms with Crippen molar-refractivity contribution in [1.29, 1.82) is 0 Å². The summed E-state index contributed by atoms with van der Waals surface area (Å²) in [4.78, 5) is 15.6. The van der Waals surface area contributed by atoms with Gasteiger partial charge < -0.3 is 9.64 Å². The van der Waals surface area contributed by atoms with Gasteiger partial charge in [-0.1, -0.05) is 0 Å². The minimum Gasteiger partial charge on any atom is -0.371 e. The third-order valence-corrected chi connectivity index (χ3v) is 8.14. The summed E-state index contributed by atoms with van der Waals surface area (Å²) in [7, 11) is -2.04. The van der Waals surface area contributed by atoms with Crippen molar-refractivity contribution < 1.29 is 8.95 Å². The van der Waals surface area contributed by atoms with Crippen molar-refractivity contribution >= 4 is 26.9 Å². The van der Waals surface area contributed by atoms with E-state index in [2.05, 4.69) is 19.2 Å². The molecule has 2 fully saturated rings. The third kappa shape index (κ3) is 3.60. The van der Waals surface area contributed by atoms with Crippen molar-refractivity contribution in [1.82, 2.24) is 15.0 Å². The number of nitrogens with zero attached hydrogens (tertiary/aromatic N) is 5. The van der Waals surface area contributed by atoms with Crippen molar-refractivity contribution in [3.63, 3.8) is 0 Å². The van der Waals surface area contributed by atoms with Crippen molar-refractivity contribution in [3.8, 4) is 10.8 Å². The quantitative estimate of drug-likeness (QED) is 0.797. The number of thiazole rings is 1. The van der Waals surface area contributed by atoms with Gasteiger partial charge in [0, 0.05) is 58.6 Å². The van der Waals surface area contributed by atoms with Crippen LogP contribution in [0.15, 0.2) is 28.2 Å². The van der Waals surface area contributed by atoms with Gasteiger partial charge in [0.2, 0.25) is 0 Å². The lowest BCUT2D eigenvalue weighted by Gasteiger charge is -2.45. The normalized spacial score (nSPS) is 29.0. The summed E-state index contributed by atoms with van der Waals surface area (Å²) < 4.78 is 23.2. The highest BCUT2D eigenvalue weighted by atomic mass is 32.2. The van der Waals surface area contributed by atoms with Crippen LogP contribution < -0.4 is 4.90 Å². The SMILES string of the molecule is CCN=S1(=O)CCC2(CC1)CN(c1ccnc(-c3nccs3)n1)CCO2. The lowest BCUT2D eigenvalue weighted by atomic mass is 9.94. The Morgan fingerprint density at radius 2 is 2.19 bits per heavy atom. The van der Waals surface area contributed by atoms with Gasteiger partial charge in [-0.25, -0.2) is 23.5 Å². The minimum absolute atomic E-state index is 0.241. The maximum atomic E-state index is 12.7. The average Bonchev–Trinajstić information content (AvgIpc) is 3.20. The maximum absolute atomic E-state index is 12.7. The first-order valence-electron chi connectivity index (χ1n) is 8.92. The minimum atomic E-state index is -2.04. The molecule has 0 amide bonds. The Kier molecular flexibility index (Phi) is 4.94. The van der Waals surface area contributed by atoms with E-state index in [-0.39, 0.29) is 5.60 Å². The molecule has 0 aliphatic carbocycles. The van der Waals surface area contributed by atoms with Gasteiger partial charge in [-0.3, -0.25) is 0 Å². The van der Waals surface area contributed by atoms with E-state index in [9.17, 15) is 4.21 Å². The van der Waals surface area contributed by atoms with Gasteiger partial charge in [0.15, 0.2) is 10.8 Å². The molecule has 1 spiro atoms. The van der Waals surface area contributed by atoms with Gasteiger partial charge >= 0.3 is 0 Å². The first-order chi connectivity index (χ1) is 12.6. The largest absolute Gasteiger partial charge is 0.371 e. The Bertz CT molecular complexity index is 863. The fraction of sp³-hybridized carbons (Fsp3) is 0.588. The van der Waals surface area contributed by atoms with Gasteiger partial charge in [0.05, 0.1) is 12.2 Å². The average molecular weight is 394 g/mol. The smallest absolute Gasteiger partial charge is 0.190 e. The summed E-state index contributed by atoms with van der Waals surface area (Å²) in [6.07, 6.45) is 5.13. The highest BCUT2D eigenvalue weighted by Crippen LogP contribution is 2.33. The molecule has 2 aromatic rings. The van der Waals surface area contributed by atoms with Crippen LogP contribution in [-0.4, -0.2) is 62.5 Å². The summed E-state index contributed by atoms with van der Waals surface area (Å²) in [6.45, 7) is 4.79. The van der Waals surface area contributed by atoms with Crippen LogP contribution in [0.3, 0.4) is 0 Å². The molecule has 0 bridgehead atoms. The zero-order chi connectivity index (χ0) is 18.0. The molecule has 9 heteroatoms. The second-order valence-corrected chi connectivity index (χ2v) is 10.2. The number of aromatic nitrogens is 3. The molecule has 2 aliphatic heterocycles. The van der Waals surface area contributed by atoms with Gasteiger partial charge in [-0.05, 0) is 25.8 Å². The van der Waals surface area contributed by atoms with Gasteiger partial charge in [0.1, 0.15) is 5.82 Å². The predicted molar refractivity (Wildman–Crippen MR) is 104 cm³/mol. The zero-order valence-electron chi connectivity index (χ0n) is 14.8. The molecule has 26 heavy (non-hydrogen) atoms. The third-order valence-electron chi connectivity index (χ3n) is 4.95. The maximum Gasteiger partial charge on any atom is 0.190 e. The van der Waals surface area contributed by atoms with Crippen LogP contribution >= 0.6 is 11.3 Å². The summed E-state index contributed by atoms with van der Waals surface area (Å²) in [5, 5.41) is 2.75. The molecule has 2 aliphatic rings. The summed E-state index contributed by atoms with van der Waals surface area (Å²) in [5.74, 6) is 2.81. The lowest BCUT2D eigenvalue weighted by Crippen LogP contribution is -2.55. The van der Waals surface area contributed by atoms with Crippen molar-refractivity contribution in [2.24, 2.45) is 4.36 Å². The number of morpholine rings is 1. The molecule has 2 saturated heterocycles. The van der Waals surface area contributed by atoms with E-state index in [4.69, 9.17) is 9.72 Å². The van der Waals surface area contributed by atoms with E-state index in [1.807, 2.05) is 18.4 Å². The fourth-order valence-corrected chi connectivity index (χ4v) is 6.48. The Hall–Kier alpha value is -1.58. The first-order valence-corrected chi connectivity index (χ1v) is 11.6. The van der Waals surface area contributed by atoms with E-state index < -0.39 is 9.73 Å². The van der Waals surface area contributed by atoms with E-state index >= 15 is 0 Å².